The zero-order chi connectivity index (χ0) is 22.7. The van der Waals surface area contributed by atoms with Crippen LogP contribution >= 0.6 is 0 Å². The molecule has 0 saturated carbocycles. The molecule has 0 bridgehead atoms. The standard InChI is InChI=1S/C30H26F2/c1-4-5-6-22-7-9-23(10-8-22)24-11-13-25(14-12-24)26-15-16-28(30(32)18-26)27-17-20(2)21(3)29(31)19-27/h4,7-19H,1,5-6H2,2-3H3. The summed E-state index contributed by atoms with van der Waals surface area (Å²) in [5.41, 5.74) is 7.67. The molecule has 2 heteroatoms. The van der Waals surface area contributed by atoms with E-state index in [-0.39, 0.29) is 11.6 Å². The van der Waals surface area contributed by atoms with Crippen LogP contribution < -0.4 is 0 Å². The molecule has 0 amide bonds. The van der Waals surface area contributed by atoms with Crippen LogP contribution in [-0.2, 0) is 6.42 Å². The molecule has 4 rings (SSSR count). The first kappa shape index (κ1) is 21.7. The lowest BCUT2D eigenvalue weighted by atomic mass is 9.95. The third-order valence-corrected chi connectivity index (χ3v) is 6.03. The van der Waals surface area contributed by atoms with Crippen molar-refractivity contribution in [3.8, 4) is 33.4 Å². The minimum atomic E-state index is -0.357. The van der Waals surface area contributed by atoms with E-state index < -0.39 is 0 Å². The van der Waals surface area contributed by atoms with E-state index in [1.165, 1.54) is 17.7 Å². The highest BCUT2D eigenvalue weighted by Gasteiger charge is 2.11. The quantitative estimate of drug-likeness (QED) is 0.272. The average molecular weight is 425 g/mol. The molecule has 0 N–H and O–H groups in total. The van der Waals surface area contributed by atoms with Crippen LogP contribution in [0.25, 0.3) is 33.4 Å². The molecular formula is C30H26F2. The largest absolute Gasteiger partial charge is 0.207 e. The van der Waals surface area contributed by atoms with E-state index in [1.54, 1.807) is 13.0 Å². The molecule has 160 valence electrons. The molecule has 0 spiro atoms. The van der Waals surface area contributed by atoms with Gasteiger partial charge in [-0.05, 0) is 83.3 Å². The third kappa shape index (κ3) is 4.55. The van der Waals surface area contributed by atoms with Crippen LogP contribution in [0.1, 0.15) is 23.1 Å². The Morgan fingerprint density at radius 3 is 1.75 bits per heavy atom. The molecule has 0 fully saturated rings. The molecule has 0 aromatic heterocycles. The van der Waals surface area contributed by atoms with Crippen LogP contribution in [0.15, 0.2) is 91.5 Å². The van der Waals surface area contributed by atoms with Crippen LogP contribution in [0.4, 0.5) is 8.78 Å². The Balaban J connectivity index is 1.57. The summed E-state index contributed by atoms with van der Waals surface area (Å²) >= 11 is 0. The van der Waals surface area contributed by atoms with Crippen molar-refractivity contribution in [3.05, 3.63) is 120 Å². The van der Waals surface area contributed by atoms with Gasteiger partial charge >= 0.3 is 0 Å². The number of hydrogen-bond donors (Lipinski definition) is 0. The van der Waals surface area contributed by atoms with Gasteiger partial charge in [-0.25, -0.2) is 8.78 Å². The highest BCUT2D eigenvalue weighted by atomic mass is 19.1. The highest BCUT2D eigenvalue weighted by Crippen LogP contribution is 2.31. The fourth-order valence-corrected chi connectivity index (χ4v) is 3.89. The zero-order valence-corrected chi connectivity index (χ0v) is 18.5. The van der Waals surface area contributed by atoms with Crippen LogP contribution in [0.3, 0.4) is 0 Å². The first-order valence-electron chi connectivity index (χ1n) is 10.8. The molecule has 0 nitrogen and oxygen atoms in total. The van der Waals surface area contributed by atoms with Crippen LogP contribution in [0.2, 0.25) is 0 Å². The molecule has 0 heterocycles. The molecule has 4 aromatic carbocycles. The van der Waals surface area contributed by atoms with Crippen molar-refractivity contribution in [2.24, 2.45) is 0 Å². The fraction of sp³-hybridized carbons (Fsp3) is 0.133. The summed E-state index contributed by atoms with van der Waals surface area (Å²) in [6.07, 6.45) is 3.91. The zero-order valence-electron chi connectivity index (χ0n) is 18.5. The number of benzene rings is 4. The topological polar surface area (TPSA) is 0 Å². The van der Waals surface area contributed by atoms with Crippen LogP contribution in [0, 0.1) is 25.5 Å². The SMILES string of the molecule is C=CCCc1ccc(-c2ccc(-c3ccc(-c4cc(C)c(C)c(F)c4)c(F)c3)cc2)cc1. The monoisotopic (exact) mass is 424 g/mol. The fourth-order valence-electron chi connectivity index (χ4n) is 3.89. The van der Waals surface area contributed by atoms with E-state index in [1.807, 2.05) is 37.3 Å². The second-order valence-electron chi connectivity index (χ2n) is 8.20. The van der Waals surface area contributed by atoms with Gasteiger partial charge in [-0.15, -0.1) is 6.58 Å². The molecule has 0 aliphatic rings. The Labute approximate surface area is 188 Å². The van der Waals surface area contributed by atoms with Crippen molar-refractivity contribution in [1.82, 2.24) is 0 Å². The van der Waals surface area contributed by atoms with E-state index in [4.69, 9.17) is 0 Å². The number of aryl methyl sites for hydroxylation is 2. The minimum absolute atomic E-state index is 0.312. The summed E-state index contributed by atoms with van der Waals surface area (Å²) in [6, 6.07) is 25.0. The van der Waals surface area contributed by atoms with E-state index >= 15 is 0 Å². The summed E-state index contributed by atoms with van der Waals surface area (Å²) in [4.78, 5) is 0. The predicted octanol–water partition coefficient (Wildman–Crippen LogP) is 8.70. The van der Waals surface area contributed by atoms with Gasteiger partial charge in [-0.3, -0.25) is 0 Å². The Hall–Kier alpha value is -3.52. The summed E-state index contributed by atoms with van der Waals surface area (Å²) in [6.45, 7) is 7.34. The highest BCUT2D eigenvalue weighted by molar-refractivity contribution is 5.74. The second kappa shape index (κ2) is 9.32. The van der Waals surface area contributed by atoms with Gasteiger partial charge in [0.05, 0.1) is 0 Å². The maximum Gasteiger partial charge on any atom is 0.131 e. The molecule has 0 aliphatic carbocycles. The van der Waals surface area contributed by atoms with Gasteiger partial charge in [-0.1, -0.05) is 72.8 Å². The molecule has 0 radical (unpaired) electrons. The van der Waals surface area contributed by atoms with Crippen molar-refractivity contribution in [2.75, 3.05) is 0 Å². The third-order valence-electron chi connectivity index (χ3n) is 6.03. The van der Waals surface area contributed by atoms with E-state index in [0.717, 1.165) is 40.7 Å². The number of halogens is 2. The lowest BCUT2D eigenvalue weighted by Crippen LogP contribution is -1.92. The smallest absolute Gasteiger partial charge is 0.131 e. The van der Waals surface area contributed by atoms with E-state index in [9.17, 15) is 8.78 Å². The normalized spacial score (nSPS) is 10.9. The van der Waals surface area contributed by atoms with Gasteiger partial charge in [0.2, 0.25) is 0 Å². The number of rotatable bonds is 6. The first-order valence-corrected chi connectivity index (χ1v) is 10.8. The molecule has 0 aliphatic heterocycles. The maximum atomic E-state index is 14.9. The molecule has 32 heavy (non-hydrogen) atoms. The molecule has 0 atom stereocenters. The molecule has 0 saturated heterocycles. The maximum absolute atomic E-state index is 14.9. The van der Waals surface area contributed by atoms with Crippen molar-refractivity contribution in [1.29, 1.82) is 0 Å². The summed E-state index contributed by atoms with van der Waals surface area (Å²) in [7, 11) is 0. The predicted molar refractivity (Wildman–Crippen MR) is 131 cm³/mol. The van der Waals surface area contributed by atoms with Gasteiger partial charge in [0.15, 0.2) is 0 Å². The molecular weight excluding hydrogens is 398 g/mol. The Kier molecular flexibility index (Phi) is 6.32. The summed E-state index contributed by atoms with van der Waals surface area (Å²) < 4.78 is 29.1. The number of allylic oxidation sites excluding steroid dienone is 1. The Morgan fingerprint density at radius 1 is 0.656 bits per heavy atom. The molecule has 4 aromatic rings. The van der Waals surface area contributed by atoms with Gasteiger partial charge in [0.1, 0.15) is 11.6 Å². The van der Waals surface area contributed by atoms with Crippen LogP contribution in [0.5, 0.6) is 0 Å². The average Bonchev–Trinajstić information content (AvgIpc) is 2.81. The van der Waals surface area contributed by atoms with E-state index in [0.29, 0.717) is 16.7 Å². The number of hydrogen-bond acceptors (Lipinski definition) is 0. The lowest BCUT2D eigenvalue weighted by molar-refractivity contribution is 0.616. The minimum Gasteiger partial charge on any atom is -0.207 e. The Morgan fingerprint density at radius 2 is 1.19 bits per heavy atom. The van der Waals surface area contributed by atoms with Crippen molar-refractivity contribution >= 4 is 0 Å². The lowest BCUT2D eigenvalue weighted by Gasteiger charge is -2.10. The van der Waals surface area contributed by atoms with E-state index in [2.05, 4.69) is 43.0 Å². The molecule has 0 unspecified atom stereocenters. The van der Waals surface area contributed by atoms with Gasteiger partial charge < -0.3 is 0 Å². The summed E-state index contributed by atoms with van der Waals surface area (Å²) in [5, 5.41) is 0. The van der Waals surface area contributed by atoms with Gasteiger partial charge in [-0.2, -0.15) is 0 Å². The van der Waals surface area contributed by atoms with Crippen molar-refractivity contribution in [2.45, 2.75) is 26.7 Å². The first-order chi connectivity index (χ1) is 15.5. The van der Waals surface area contributed by atoms with Gasteiger partial charge in [0.25, 0.3) is 0 Å². The van der Waals surface area contributed by atoms with Crippen molar-refractivity contribution in [3.63, 3.8) is 0 Å². The van der Waals surface area contributed by atoms with Crippen LogP contribution in [-0.4, -0.2) is 0 Å². The van der Waals surface area contributed by atoms with Crippen molar-refractivity contribution < 1.29 is 8.78 Å². The Bertz CT molecular complexity index is 1230. The second-order valence-corrected chi connectivity index (χ2v) is 8.20. The summed E-state index contributed by atoms with van der Waals surface area (Å²) in [5.74, 6) is -0.669. The van der Waals surface area contributed by atoms with Gasteiger partial charge in [0, 0.05) is 5.56 Å².